The molecule has 3 rings (SSSR count). The molecule has 1 aromatic heterocycles. The highest BCUT2D eigenvalue weighted by Gasteiger charge is 2.29. The Balaban J connectivity index is 1.64. The van der Waals surface area contributed by atoms with Gasteiger partial charge in [0.05, 0.1) is 16.4 Å². The van der Waals surface area contributed by atoms with E-state index in [1.165, 1.54) is 37.9 Å². The monoisotopic (exact) mass is 296 g/mol. The molecule has 1 atom stereocenters. The minimum Gasteiger partial charge on any atom is -0.312 e. The number of likely N-dealkylation sites (tertiary alicyclic amines) is 1. The number of aromatic nitrogens is 2. The molecule has 0 bridgehead atoms. The highest BCUT2D eigenvalue weighted by molar-refractivity contribution is 6.31. The third-order valence-electron chi connectivity index (χ3n) is 4.57. The van der Waals surface area contributed by atoms with Crippen LogP contribution in [0, 0.1) is 0 Å². The number of hydrogen-bond acceptors (Lipinski definition) is 3. The summed E-state index contributed by atoms with van der Waals surface area (Å²) in [5, 5.41) is 9.06. The normalized spacial score (nSPS) is 23.6. The number of halogens is 1. The van der Waals surface area contributed by atoms with E-state index < -0.39 is 0 Å². The van der Waals surface area contributed by atoms with Crippen LogP contribution in [0.3, 0.4) is 0 Å². The van der Waals surface area contributed by atoms with Gasteiger partial charge in [0, 0.05) is 32.2 Å². The zero-order valence-electron chi connectivity index (χ0n) is 12.5. The van der Waals surface area contributed by atoms with E-state index in [1.807, 2.05) is 11.7 Å². The maximum Gasteiger partial charge on any atom is 0.0863 e. The lowest BCUT2D eigenvalue weighted by Gasteiger charge is -2.25. The van der Waals surface area contributed by atoms with Crippen LogP contribution >= 0.6 is 11.6 Å². The summed E-state index contributed by atoms with van der Waals surface area (Å²) in [6.45, 7) is 5.34. The summed E-state index contributed by atoms with van der Waals surface area (Å²) in [6, 6.07) is 1.45. The van der Waals surface area contributed by atoms with Gasteiger partial charge in [0.2, 0.25) is 0 Å². The number of rotatable bonds is 6. The Morgan fingerprint density at radius 3 is 2.80 bits per heavy atom. The molecule has 0 amide bonds. The first-order chi connectivity index (χ1) is 9.69. The van der Waals surface area contributed by atoms with Gasteiger partial charge in [-0.2, -0.15) is 5.10 Å². The van der Waals surface area contributed by atoms with Crippen molar-refractivity contribution >= 4 is 11.6 Å². The molecule has 2 heterocycles. The standard InChI is InChI=1S/C15H25ClN4/c1-3-13-15(16)14(19(2)18-13)10-20-8-4-5-12(20)9-17-11-6-7-11/h11-12,17H,3-10H2,1-2H3. The summed E-state index contributed by atoms with van der Waals surface area (Å²) in [4.78, 5) is 2.57. The second-order valence-electron chi connectivity index (χ2n) is 6.13. The van der Waals surface area contributed by atoms with Gasteiger partial charge in [-0.3, -0.25) is 9.58 Å². The molecule has 1 unspecified atom stereocenters. The molecule has 1 saturated carbocycles. The van der Waals surface area contributed by atoms with Crippen LogP contribution < -0.4 is 5.32 Å². The molecule has 20 heavy (non-hydrogen) atoms. The van der Waals surface area contributed by atoms with Crippen LogP contribution in [-0.2, 0) is 20.0 Å². The van der Waals surface area contributed by atoms with Gasteiger partial charge in [-0.05, 0) is 38.6 Å². The summed E-state index contributed by atoms with van der Waals surface area (Å²) < 4.78 is 1.96. The van der Waals surface area contributed by atoms with Crippen molar-refractivity contribution in [3.63, 3.8) is 0 Å². The van der Waals surface area contributed by atoms with E-state index in [2.05, 4.69) is 22.2 Å². The molecule has 4 nitrogen and oxygen atoms in total. The Kier molecular flexibility index (Phi) is 4.34. The Bertz CT molecular complexity index is 467. The fraction of sp³-hybridized carbons (Fsp3) is 0.800. The third kappa shape index (κ3) is 3.02. The van der Waals surface area contributed by atoms with E-state index in [0.717, 1.165) is 36.3 Å². The molecule has 1 aliphatic carbocycles. The van der Waals surface area contributed by atoms with Crippen LogP contribution in [0.15, 0.2) is 0 Å². The molecule has 0 aromatic carbocycles. The van der Waals surface area contributed by atoms with E-state index in [4.69, 9.17) is 11.6 Å². The van der Waals surface area contributed by atoms with Crippen molar-refractivity contribution < 1.29 is 0 Å². The van der Waals surface area contributed by atoms with Gasteiger partial charge in [-0.25, -0.2) is 0 Å². The minimum absolute atomic E-state index is 0.659. The first-order valence-electron chi connectivity index (χ1n) is 7.86. The van der Waals surface area contributed by atoms with Crippen LogP contribution in [0.5, 0.6) is 0 Å². The lowest BCUT2D eigenvalue weighted by molar-refractivity contribution is 0.233. The van der Waals surface area contributed by atoms with Crippen molar-refractivity contribution in [1.82, 2.24) is 20.0 Å². The van der Waals surface area contributed by atoms with Crippen molar-refractivity contribution in [1.29, 1.82) is 0 Å². The average molecular weight is 297 g/mol. The second kappa shape index (κ2) is 6.04. The molecule has 1 aliphatic heterocycles. The molecular weight excluding hydrogens is 272 g/mol. The van der Waals surface area contributed by atoms with Crippen molar-refractivity contribution in [3.8, 4) is 0 Å². The van der Waals surface area contributed by atoms with E-state index in [-0.39, 0.29) is 0 Å². The van der Waals surface area contributed by atoms with Crippen molar-refractivity contribution in [2.24, 2.45) is 7.05 Å². The zero-order chi connectivity index (χ0) is 14.1. The zero-order valence-corrected chi connectivity index (χ0v) is 13.3. The molecule has 5 heteroatoms. The van der Waals surface area contributed by atoms with Gasteiger partial charge in [0.15, 0.2) is 0 Å². The lowest BCUT2D eigenvalue weighted by Crippen LogP contribution is -2.38. The summed E-state index contributed by atoms with van der Waals surface area (Å²) in [5.41, 5.74) is 2.19. The smallest absolute Gasteiger partial charge is 0.0863 e. The topological polar surface area (TPSA) is 33.1 Å². The average Bonchev–Trinajstić information content (AvgIpc) is 3.11. The highest BCUT2D eigenvalue weighted by Crippen LogP contribution is 2.26. The number of aryl methyl sites for hydroxylation is 2. The van der Waals surface area contributed by atoms with Crippen molar-refractivity contribution in [2.45, 2.75) is 57.7 Å². The van der Waals surface area contributed by atoms with E-state index in [0.29, 0.717) is 6.04 Å². The molecule has 1 N–H and O–H groups in total. The molecule has 2 aliphatic rings. The number of hydrogen-bond donors (Lipinski definition) is 1. The van der Waals surface area contributed by atoms with E-state index >= 15 is 0 Å². The van der Waals surface area contributed by atoms with E-state index in [9.17, 15) is 0 Å². The highest BCUT2D eigenvalue weighted by atomic mass is 35.5. The first-order valence-corrected chi connectivity index (χ1v) is 8.24. The van der Waals surface area contributed by atoms with Crippen LogP contribution in [0.2, 0.25) is 5.02 Å². The Morgan fingerprint density at radius 1 is 1.35 bits per heavy atom. The minimum atomic E-state index is 0.659. The maximum absolute atomic E-state index is 6.47. The Morgan fingerprint density at radius 2 is 2.15 bits per heavy atom. The quantitative estimate of drug-likeness (QED) is 0.875. The predicted octanol–water partition coefficient (Wildman–Crippen LogP) is 2.35. The molecule has 2 fully saturated rings. The van der Waals surface area contributed by atoms with Gasteiger partial charge < -0.3 is 5.32 Å². The molecule has 1 aromatic rings. The van der Waals surface area contributed by atoms with Crippen LogP contribution in [0.4, 0.5) is 0 Å². The van der Waals surface area contributed by atoms with Gasteiger partial charge in [-0.15, -0.1) is 0 Å². The largest absolute Gasteiger partial charge is 0.312 e. The lowest BCUT2D eigenvalue weighted by atomic mass is 10.2. The van der Waals surface area contributed by atoms with Gasteiger partial charge in [-0.1, -0.05) is 18.5 Å². The predicted molar refractivity (Wildman–Crippen MR) is 82.1 cm³/mol. The van der Waals surface area contributed by atoms with Gasteiger partial charge >= 0.3 is 0 Å². The maximum atomic E-state index is 6.47. The number of nitrogens with zero attached hydrogens (tertiary/aromatic N) is 3. The van der Waals surface area contributed by atoms with Gasteiger partial charge in [0.25, 0.3) is 0 Å². The summed E-state index contributed by atoms with van der Waals surface area (Å²) >= 11 is 6.47. The van der Waals surface area contributed by atoms with Crippen LogP contribution in [0.25, 0.3) is 0 Å². The first kappa shape index (κ1) is 14.4. The third-order valence-corrected chi connectivity index (χ3v) is 5.01. The molecule has 0 radical (unpaired) electrons. The SMILES string of the molecule is CCc1nn(C)c(CN2CCCC2CNC2CC2)c1Cl. The second-order valence-corrected chi connectivity index (χ2v) is 6.51. The fourth-order valence-corrected chi connectivity index (χ4v) is 3.46. The van der Waals surface area contributed by atoms with E-state index in [1.54, 1.807) is 0 Å². The molecule has 1 saturated heterocycles. The van der Waals surface area contributed by atoms with Crippen molar-refractivity contribution in [3.05, 3.63) is 16.4 Å². The number of nitrogens with one attached hydrogen (secondary N) is 1. The molecule has 0 spiro atoms. The Labute approximate surface area is 126 Å². The van der Waals surface area contributed by atoms with Gasteiger partial charge in [0.1, 0.15) is 0 Å². The fourth-order valence-electron chi connectivity index (χ4n) is 3.11. The van der Waals surface area contributed by atoms with Crippen LogP contribution in [0.1, 0.15) is 44.0 Å². The summed E-state index contributed by atoms with van der Waals surface area (Å²) in [5.74, 6) is 0. The molecular formula is C15H25ClN4. The summed E-state index contributed by atoms with van der Waals surface area (Å²) in [7, 11) is 2.01. The Hall–Kier alpha value is -0.580. The molecule has 112 valence electrons. The van der Waals surface area contributed by atoms with Crippen molar-refractivity contribution in [2.75, 3.05) is 13.1 Å². The van der Waals surface area contributed by atoms with Crippen LogP contribution in [-0.4, -0.2) is 39.9 Å². The summed E-state index contributed by atoms with van der Waals surface area (Å²) in [6.07, 6.45) is 6.22.